The minimum Gasteiger partial charge on any atom is -0.489 e. The number of rotatable bonds is 5. The van der Waals surface area contributed by atoms with Gasteiger partial charge in [-0.2, -0.15) is 9.78 Å². The maximum absolute atomic E-state index is 13.0. The normalized spacial score (nSPS) is 11.5. The highest BCUT2D eigenvalue weighted by Gasteiger charge is 2.19. The minimum atomic E-state index is -0.540. The van der Waals surface area contributed by atoms with E-state index in [1.165, 1.54) is 24.1 Å². The fraction of sp³-hybridized carbons (Fsp3) is 0.211. The third-order valence-corrected chi connectivity index (χ3v) is 5.20. The van der Waals surface area contributed by atoms with Crippen molar-refractivity contribution in [2.24, 2.45) is 5.10 Å². The second-order valence-electron chi connectivity index (χ2n) is 6.46. The van der Waals surface area contributed by atoms with Crippen molar-refractivity contribution in [3.05, 3.63) is 71.1 Å². The number of hydrogen-bond acceptors (Lipinski definition) is 6. The van der Waals surface area contributed by atoms with E-state index in [1.54, 1.807) is 18.2 Å². The second kappa shape index (κ2) is 8.42. The quantitative estimate of drug-likeness (QED) is 0.270. The van der Waals surface area contributed by atoms with Gasteiger partial charge in [-0.1, -0.05) is 29.8 Å². The Morgan fingerprint density at radius 2 is 2.00 bits per heavy atom. The van der Waals surface area contributed by atoms with Crippen molar-refractivity contribution >= 4 is 54.7 Å². The maximum atomic E-state index is 13.0. The largest absolute Gasteiger partial charge is 0.489 e. The van der Waals surface area contributed by atoms with Gasteiger partial charge in [-0.3, -0.25) is 14.9 Å². The molecule has 0 saturated heterocycles. The van der Waals surface area contributed by atoms with Crippen molar-refractivity contribution in [2.45, 2.75) is 19.8 Å². The molecule has 0 spiro atoms. The minimum absolute atomic E-state index is 0.0650. The molecular formula is C19H16Br2N4O4. The highest BCUT2D eigenvalue weighted by atomic mass is 79.9. The lowest BCUT2D eigenvalue weighted by atomic mass is 10.2. The van der Waals surface area contributed by atoms with Crippen LogP contribution >= 0.6 is 31.9 Å². The molecule has 29 heavy (non-hydrogen) atoms. The van der Waals surface area contributed by atoms with Gasteiger partial charge in [-0.15, -0.1) is 0 Å². The van der Waals surface area contributed by atoms with E-state index in [0.717, 1.165) is 4.47 Å². The number of fused-ring (bicyclic) bond motifs is 1. The summed E-state index contributed by atoms with van der Waals surface area (Å²) in [6, 6.07) is 8.24. The number of ether oxygens (including phenoxy) is 1. The van der Waals surface area contributed by atoms with Gasteiger partial charge in [-0.05, 0) is 40.2 Å². The van der Waals surface area contributed by atoms with Crippen LogP contribution in [0.25, 0.3) is 10.9 Å². The number of nitrogens with zero attached hydrogens (tertiary/aromatic N) is 4. The molecule has 0 fully saturated rings. The summed E-state index contributed by atoms with van der Waals surface area (Å²) in [5.41, 5.74) is 0.482. The number of benzene rings is 2. The molecule has 1 aromatic heterocycles. The molecule has 1 heterocycles. The van der Waals surface area contributed by atoms with Crippen molar-refractivity contribution in [3.8, 4) is 5.75 Å². The van der Waals surface area contributed by atoms with Crippen molar-refractivity contribution in [1.82, 2.24) is 9.66 Å². The highest BCUT2D eigenvalue weighted by molar-refractivity contribution is 9.10. The van der Waals surface area contributed by atoms with Crippen LogP contribution in [0.15, 0.2) is 49.2 Å². The Morgan fingerprint density at radius 3 is 2.62 bits per heavy atom. The molecule has 0 N–H and O–H groups in total. The Labute approximate surface area is 182 Å². The lowest BCUT2D eigenvalue weighted by molar-refractivity contribution is -0.385. The summed E-state index contributed by atoms with van der Waals surface area (Å²) >= 11 is 6.63. The first-order valence-electron chi connectivity index (χ1n) is 8.51. The first-order valence-corrected chi connectivity index (χ1v) is 10.1. The second-order valence-corrected chi connectivity index (χ2v) is 8.23. The van der Waals surface area contributed by atoms with Crippen LogP contribution < -0.4 is 10.3 Å². The van der Waals surface area contributed by atoms with Crippen molar-refractivity contribution in [2.75, 3.05) is 7.11 Å². The third-order valence-electron chi connectivity index (χ3n) is 4.12. The summed E-state index contributed by atoms with van der Waals surface area (Å²) in [6.45, 7) is 3.82. The van der Waals surface area contributed by atoms with Gasteiger partial charge in [0.05, 0.1) is 33.6 Å². The van der Waals surface area contributed by atoms with Gasteiger partial charge in [0.2, 0.25) is 5.75 Å². The molecule has 3 aromatic rings. The molecule has 10 heteroatoms. The number of nitro benzene ring substituents is 1. The van der Waals surface area contributed by atoms with E-state index in [0.29, 0.717) is 26.8 Å². The van der Waals surface area contributed by atoms with Crippen LogP contribution in [0.1, 0.15) is 31.2 Å². The zero-order valence-corrected chi connectivity index (χ0v) is 18.9. The molecule has 0 aliphatic rings. The molecule has 2 aromatic carbocycles. The number of methoxy groups -OCH3 is 1. The Kier molecular flexibility index (Phi) is 6.13. The van der Waals surface area contributed by atoms with Crippen LogP contribution in [0.5, 0.6) is 5.75 Å². The van der Waals surface area contributed by atoms with E-state index >= 15 is 0 Å². The van der Waals surface area contributed by atoms with E-state index in [-0.39, 0.29) is 22.9 Å². The zero-order chi connectivity index (χ0) is 21.3. The molecule has 0 aliphatic carbocycles. The van der Waals surface area contributed by atoms with E-state index in [9.17, 15) is 14.9 Å². The van der Waals surface area contributed by atoms with Crippen LogP contribution in [-0.2, 0) is 0 Å². The van der Waals surface area contributed by atoms with E-state index in [1.807, 2.05) is 19.9 Å². The SMILES string of the molecule is COc1c(Br)cc(C=Nn2c(C(C)C)nc3ccc(Br)cc3c2=O)cc1[N+](=O)[O-]. The highest BCUT2D eigenvalue weighted by Crippen LogP contribution is 2.35. The molecule has 150 valence electrons. The Hall–Kier alpha value is -2.59. The van der Waals surface area contributed by atoms with Gasteiger partial charge in [-0.25, -0.2) is 4.98 Å². The average Bonchev–Trinajstić information content (AvgIpc) is 2.66. The van der Waals surface area contributed by atoms with Gasteiger partial charge in [0.15, 0.2) is 0 Å². The molecule has 0 amide bonds. The fourth-order valence-electron chi connectivity index (χ4n) is 2.79. The smallest absolute Gasteiger partial charge is 0.312 e. The molecule has 3 rings (SSSR count). The number of nitro groups is 1. The first-order chi connectivity index (χ1) is 13.7. The van der Waals surface area contributed by atoms with Crippen molar-refractivity contribution < 1.29 is 9.66 Å². The monoisotopic (exact) mass is 522 g/mol. The summed E-state index contributed by atoms with van der Waals surface area (Å²) in [5, 5.41) is 16.0. The van der Waals surface area contributed by atoms with Gasteiger partial charge in [0.1, 0.15) is 5.82 Å². The fourth-order valence-corrected chi connectivity index (χ4v) is 3.78. The average molecular weight is 524 g/mol. The van der Waals surface area contributed by atoms with Gasteiger partial charge >= 0.3 is 5.69 Å². The van der Waals surface area contributed by atoms with Crippen LogP contribution in [0.2, 0.25) is 0 Å². The Bertz CT molecular complexity index is 1210. The van der Waals surface area contributed by atoms with E-state index < -0.39 is 4.92 Å². The molecule has 8 nitrogen and oxygen atoms in total. The Morgan fingerprint density at radius 1 is 1.28 bits per heavy atom. The van der Waals surface area contributed by atoms with E-state index in [4.69, 9.17) is 4.74 Å². The van der Waals surface area contributed by atoms with Crippen LogP contribution in [0, 0.1) is 10.1 Å². The van der Waals surface area contributed by atoms with Crippen LogP contribution in [0.3, 0.4) is 0 Å². The van der Waals surface area contributed by atoms with Gasteiger partial charge in [0.25, 0.3) is 5.56 Å². The first kappa shape index (κ1) is 21.1. The summed E-state index contributed by atoms with van der Waals surface area (Å²) in [4.78, 5) is 28.4. The molecule has 0 unspecified atom stereocenters. The summed E-state index contributed by atoms with van der Waals surface area (Å²) in [7, 11) is 1.36. The van der Waals surface area contributed by atoms with Crippen LogP contribution in [-0.4, -0.2) is 27.9 Å². The standard InChI is InChI=1S/C19H16Br2N4O4/c1-10(2)18-23-15-5-4-12(20)8-13(15)19(26)24(18)22-9-11-6-14(21)17(29-3)16(7-11)25(27)28/h4-10H,1-3H3. The number of aromatic nitrogens is 2. The van der Waals surface area contributed by atoms with E-state index in [2.05, 4.69) is 41.9 Å². The zero-order valence-electron chi connectivity index (χ0n) is 15.7. The predicted molar refractivity (Wildman–Crippen MR) is 118 cm³/mol. The maximum Gasteiger partial charge on any atom is 0.312 e. The molecule has 0 atom stereocenters. The molecule has 0 aliphatic heterocycles. The molecule has 0 radical (unpaired) electrons. The summed E-state index contributed by atoms with van der Waals surface area (Å²) < 4.78 is 7.47. The van der Waals surface area contributed by atoms with Crippen molar-refractivity contribution in [3.63, 3.8) is 0 Å². The van der Waals surface area contributed by atoms with Crippen LogP contribution in [0.4, 0.5) is 5.69 Å². The van der Waals surface area contributed by atoms with Crippen molar-refractivity contribution in [1.29, 1.82) is 0 Å². The molecular weight excluding hydrogens is 508 g/mol. The molecule has 0 bridgehead atoms. The Balaban J connectivity index is 2.18. The lowest BCUT2D eigenvalue weighted by Gasteiger charge is -2.12. The topological polar surface area (TPSA) is 99.6 Å². The predicted octanol–water partition coefficient (Wildman–Crippen LogP) is 4.84. The lowest BCUT2D eigenvalue weighted by Crippen LogP contribution is -2.23. The number of hydrogen-bond donors (Lipinski definition) is 0. The summed E-state index contributed by atoms with van der Waals surface area (Å²) in [5.74, 6) is 0.539. The third kappa shape index (κ3) is 4.23. The van der Waals surface area contributed by atoms with Gasteiger partial charge in [0, 0.05) is 22.0 Å². The molecule has 0 saturated carbocycles. The summed E-state index contributed by atoms with van der Waals surface area (Å²) in [6.07, 6.45) is 1.38. The number of halogens is 2. The van der Waals surface area contributed by atoms with Gasteiger partial charge < -0.3 is 4.74 Å².